The van der Waals surface area contributed by atoms with E-state index in [0.717, 1.165) is 38.1 Å². The second-order valence-electron chi connectivity index (χ2n) is 7.47. The van der Waals surface area contributed by atoms with Crippen molar-refractivity contribution in [3.63, 3.8) is 0 Å². The maximum Gasteiger partial charge on any atom is 0.251 e. The van der Waals surface area contributed by atoms with Gasteiger partial charge in [-0.3, -0.25) is 4.79 Å². The molecule has 0 unspecified atom stereocenters. The van der Waals surface area contributed by atoms with Crippen LogP contribution in [0.2, 0.25) is 0 Å². The average molecular weight is 375 g/mol. The normalized spacial score (nSPS) is 16.7. The molecule has 1 fully saturated rings. The zero-order valence-corrected chi connectivity index (χ0v) is 17.0. The molecule has 150 valence electrons. The number of nitrogens with zero attached hydrogens (tertiary/aromatic N) is 1. The maximum atomic E-state index is 12.2. The van der Waals surface area contributed by atoms with Crippen LogP contribution in [0.3, 0.4) is 0 Å². The molecule has 1 amide bonds. The van der Waals surface area contributed by atoms with Crippen molar-refractivity contribution in [2.24, 2.45) is 0 Å². The van der Waals surface area contributed by atoms with Crippen molar-refractivity contribution in [3.8, 4) is 5.75 Å². The van der Waals surface area contributed by atoms with Gasteiger partial charge >= 0.3 is 0 Å². The van der Waals surface area contributed by atoms with Gasteiger partial charge in [0.15, 0.2) is 0 Å². The van der Waals surface area contributed by atoms with Gasteiger partial charge in [-0.1, -0.05) is 11.6 Å². The first-order valence-corrected chi connectivity index (χ1v) is 9.92. The van der Waals surface area contributed by atoms with Gasteiger partial charge in [0.25, 0.3) is 5.91 Å². The second-order valence-corrected chi connectivity index (χ2v) is 7.47. The largest absolute Gasteiger partial charge is 0.490 e. The Kier molecular flexibility index (Phi) is 8.82. The highest BCUT2D eigenvalue weighted by Crippen LogP contribution is 2.22. The number of allylic oxidation sites excluding steroid dienone is 1. The summed E-state index contributed by atoms with van der Waals surface area (Å²) < 4.78 is 11.1. The van der Waals surface area contributed by atoms with Crippen LogP contribution in [0.5, 0.6) is 5.75 Å². The molecule has 1 saturated heterocycles. The van der Waals surface area contributed by atoms with Gasteiger partial charge in [-0.15, -0.1) is 6.58 Å². The van der Waals surface area contributed by atoms with Gasteiger partial charge in [-0.05, 0) is 57.7 Å². The number of piperidine rings is 1. The fourth-order valence-corrected chi connectivity index (χ4v) is 3.34. The zero-order chi connectivity index (χ0) is 19.6. The van der Waals surface area contributed by atoms with E-state index in [1.165, 1.54) is 12.0 Å². The third-order valence-electron chi connectivity index (χ3n) is 5.08. The zero-order valence-electron chi connectivity index (χ0n) is 17.0. The van der Waals surface area contributed by atoms with Crippen LogP contribution in [0.15, 0.2) is 36.4 Å². The number of hydrogen-bond acceptors (Lipinski definition) is 4. The standard InChI is InChI=1S/C22H34N2O3/c1-17(2)8-9-18(3)24-13-10-20(11-14-24)27-21-7-5-6-19(16-21)22(25)23-12-15-26-4/h5-7,16,18,20H,1,8-15H2,2-4H3,(H,23,25)/t18-/m0/s1. The fraction of sp³-hybridized carbons (Fsp3) is 0.591. The smallest absolute Gasteiger partial charge is 0.251 e. The van der Waals surface area contributed by atoms with Crippen molar-refractivity contribution in [1.29, 1.82) is 0 Å². The third kappa shape index (κ3) is 7.35. The Morgan fingerprint density at radius 1 is 1.37 bits per heavy atom. The lowest BCUT2D eigenvalue weighted by Crippen LogP contribution is -2.43. The van der Waals surface area contributed by atoms with E-state index in [-0.39, 0.29) is 12.0 Å². The first kappa shape index (κ1) is 21.5. The molecule has 0 saturated carbocycles. The molecule has 0 bridgehead atoms. The summed E-state index contributed by atoms with van der Waals surface area (Å²) in [4.78, 5) is 14.7. The van der Waals surface area contributed by atoms with Crippen molar-refractivity contribution in [2.45, 2.75) is 51.7 Å². The van der Waals surface area contributed by atoms with Gasteiger partial charge in [0.05, 0.1) is 6.61 Å². The number of amides is 1. The van der Waals surface area contributed by atoms with E-state index in [4.69, 9.17) is 9.47 Å². The van der Waals surface area contributed by atoms with E-state index >= 15 is 0 Å². The van der Waals surface area contributed by atoms with Crippen molar-refractivity contribution in [1.82, 2.24) is 10.2 Å². The molecule has 1 N–H and O–H groups in total. The molecule has 1 aliphatic rings. The van der Waals surface area contributed by atoms with Gasteiger partial charge < -0.3 is 19.7 Å². The molecule has 1 atom stereocenters. The Labute approximate surface area is 163 Å². The summed E-state index contributed by atoms with van der Waals surface area (Å²) in [5, 5.41) is 2.84. The minimum Gasteiger partial charge on any atom is -0.490 e. The van der Waals surface area contributed by atoms with E-state index in [1.807, 2.05) is 18.2 Å². The van der Waals surface area contributed by atoms with E-state index < -0.39 is 0 Å². The molecule has 1 aromatic rings. The average Bonchev–Trinajstić information content (AvgIpc) is 2.67. The Balaban J connectivity index is 1.80. The van der Waals surface area contributed by atoms with Gasteiger partial charge in [-0.2, -0.15) is 0 Å². The number of rotatable bonds is 10. The van der Waals surface area contributed by atoms with Crippen LogP contribution in [0.4, 0.5) is 0 Å². The lowest BCUT2D eigenvalue weighted by Gasteiger charge is -2.36. The van der Waals surface area contributed by atoms with Crippen LogP contribution in [-0.4, -0.2) is 56.3 Å². The number of benzene rings is 1. The van der Waals surface area contributed by atoms with E-state index in [1.54, 1.807) is 13.2 Å². The number of hydrogen-bond donors (Lipinski definition) is 1. The van der Waals surface area contributed by atoms with Crippen LogP contribution >= 0.6 is 0 Å². The summed E-state index contributed by atoms with van der Waals surface area (Å²) in [6.07, 6.45) is 4.50. The summed E-state index contributed by atoms with van der Waals surface area (Å²) in [6, 6.07) is 8.01. The fourth-order valence-electron chi connectivity index (χ4n) is 3.34. The van der Waals surface area contributed by atoms with Gasteiger partial charge in [0, 0.05) is 38.3 Å². The lowest BCUT2D eigenvalue weighted by atomic mass is 10.0. The molecule has 5 nitrogen and oxygen atoms in total. The molecular formula is C22H34N2O3. The first-order valence-electron chi connectivity index (χ1n) is 9.92. The second kappa shape index (κ2) is 11.1. The molecular weight excluding hydrogens is 340 g/mol. The number of ether oxygens (including phenoxy) is 2. The first-order chi connectivity index (χ1) is 13.0. The summed E-state index contributed by atoms with van der Waals surface area (Å²) in [6.45, 7) is 11.5. The van der Waals surface area contributed by atoms with E-state index in [2.05, 4.69) is 30.6 Å². The Morgan fingerprint density at radius 2 is 2.11 bits per heavy atom. The molecule has 5 heteroatoms. The molecule has 0 radical (unpaired) electrons. The summed E-state index contributed by atoms with van der Waals surface area (Å²) in [5.41, 5.74) is 1.88. The number of carbonyl (C=O) groups is 1. The van der Waals surface area contributed by atoms with E-state index in [0.29, 0.717) is 24.8 Å². The summed E-state index contributed by atoms with van der Waals surface area (Å²) in [7, 11) is 1.62. The molecule has 0 aromatic heterocycles. The van der Waals surface area contributed by atoms with Crippen molar-refractivity contribution in [2.75, 3.05) is 33.4 Å². The molecule has 2 rings (SSSR count). The predicted octanol–water partition coefficient (Wildman–Crippen LogP) is 3.65. The number of likely N-dealkylation sites (tertiary alicyclic amines) is 1. The molecule has 1 heterocycles. The topological polar surface area (TPSA) is 50.8 Å². The van der Waals surface area contributed by atoms with Gasteiger partial charge in [-0.25, -0.2) is 0 Å². The van der Waals surface area contributed by atoms with Crippen LogP contribution in [0.25, 0.3) is 0 Å². The molecule has 1 aromatic carbocycles. The highest BCUT2D eigenvalue weighted by molar-refractivity contribution is 5.94. The lowest BCUT2D eigenvalue weighted by molar-refractivity contribution is 0.0773. The minimum absolute atomic E-state index is 0.0985. The minimum atomic E-state index is -0.0985. The predicted molar refractivity (Wildman–Crippen MR) is 109 cm³/mol. The summed E-state index contributed by atoms with van der Waals surface area (Å²) in [5.74, 6) is 0.668. The monoisotopic (exact) mass is 374 g/mol. The van der Waals surface area contributed by atoms with Crippen molar-refractivity contribution >= 4 is 5.91 Å². The maximum absolute atomic E-state index is 12.2. The number of carbonyl (C=O) groups excluding carboxylic acids is 1. The van der Waals surface area contributed by atoms with Crippen LogP contribution < -0.4 is 10.1 Å². The highest BCUT2D eigenvalue weighted by Gasteiger charge is 2.23. The van der Waals surface area contributed by atoms with Crippen molar-refractivity contribution < 1.29 is 14.3 Å². The van der Waals surface area contributed by atoms with Crippen molar-refractivity contribution in [3.05, 3.63) is 42.0 Å². The number of methoxy groups -OCH3 is 1. The van der Waals surface area contributed by atoms with Crippen LogP contribution in [0, 0.1) is 0 Å². The van der Waals surface area contributed by atoms with Crippen LogP contribution in [-0.2, 0) is 4.74 Å². The van der Waals surface area contributed by atoms with Gasteiger partial charge in [0.2, 0.25) is 0 Å². The SMILES string of the molecule is C=C(C)CC[C@H](C)N1CCC(Oc2cccc(C(=O)NCCOC)c2)CC1. The van der Waals surface area contributed by atoms with Gasteiger partial charge in [0.1, 0.15) is 11.9 Å². The van der Waals surface area contributed by atoms with Crippen LogP contribution in [0.1, 0.15) is 49.9 Å². The molecule has 27 heavy (non-hydrogen) atoms. The summed E-state index contributed by atoms with van der Waals surface area (Å²) >= 11 is 0. The molecule has 0 spiro atoms. The number of nitrogens with one attached hydrogen (secondary N) is 1. The Morgan fingerprint density at radius 3 is 2.78 bits per heavy atom. The third-order valence-corrected chi connectivity index (χ3v) is 5.08. The Bertz CT molecular complexity index is 609. The molecule has 1 aliphatic heterocycles. The Hall–Kier alpha value is -1.85. The van der Waals surface area contributed by atoms with E-state index in [9.17, 15) is 4.79 Å². The quantitative estimate of drug-likeness (QED) is 0.502. The highest BCUT2D eigenvalue weighted by atomic mass is 16.5. The molecule has 0 aliphatic carbocycles.